The first-order valence-electron chi connectivity index (χ1n) is 4.70. The van der Waals surface area contributed by atoms with Crippen LogP contribution in [-0.2, 0) is 0 Å². The van der Waals surface area contributed by atoms with Crippen molar-refractivity contribution in [3.05, 3.63) is 17.5 Å². The molecule has 0 saturated carbocycles. The van der Waals surface area contributed by atoms with Crippen molar-refractivity contribution in [2.45, 2.75) is 26.3 Å². The lowest BCUT2D eigenvalue weighted by atomic mass is 10.0. The number of amides is 1. The van der Waals surface area contributed by atoms with Crippen LogP contribution in [0.1, 0.15) is 30.0 Å². The van der Waals surface area contributed by atoms with Gasteiger partial charge in [-0.05, 0) is 20.8 Å². The maximum absolute atomic E-state index is 11.9. The monoisotopic (exact) mass is 212 g/mol. The van der Waals surface area contributed by atoms with Crippen LogP contribution < -0.4 is 0 Å². The Bertz CT molecular complexity index is 357. The Hall–Kier alpha value is -1.36. The SMILES string of the molecule is Cc1oncc1C(=O)N(C)C(C)(C)CO. The van der Waals surface area contributed by atoms with Crippen LogP contribution in [-0.4, -0.2) is 40.3 Å². The Kier molecular flexibility index (Phi) is 3.14. The smallest absolute Gasteiger partial charge is 0.259 e. The van der Waals surface area contributed by atoms with Crippen molar-refractivity contribution in [1.82, 2.24) is 10.1 Å². The average Bonchev–Trinajstić information content (AvgIpc) is 2.62. The zero-order valence-corrected chi connectivity index (χ0v) is 9.44. The first kappa shape index (κ1) is 11.7. The standard InChI is InChI=1S/C10H16N2O3/c1-7-8(5-11-15-7)9(14)12(4)10(2,3)6-13/h5,13H,6H2,1-4H3. The third-order valence-corrected chi connectivity index (χ3v) is 2.58. The highest BCUT2D eigenvalue weighted by molar-refractivity contribution is 5.95. The Balaban J connectivity index is 2.92. The van der Waals surface area contributed by atoms with E-state index in [-0.39, 0.29) is 12.5 Å². The molecular weight excluding hydrogens is 196 g/mol. The molecule has 1 aromatic heterocycles. The molecule has 0 aromatic carbocycles. The molecule has 0 fully saturated rings. The minimum Gasteiger partial charge on any atom is -0.394 e. The minimum absolute atomic E-state index is 0.0977. The molecule has 1 N–H and O–H groups in total. The van der Waals surface area contributed by atoms with Gasteiger partial charge in [0.1, 0.15) is 11.3 Å². The molecule has 0 radical (unpaired) electrons. The van der Waals surface area contributed by atoms with Crippen molar-refractivity contribution in [1.29, 1.82) is 0 Å². The summed E-state index contributed by atoms with van der Waals surface area (Å²) in [6.07, 6.45) is 1.39. The molecule has 5 heteroatoms. The molecule has 0 atom stereocenters. The van der Waals surface area contributed by atoms with E-state index in [1.165, 1.54) is 11.1 Å². The Morgan fingerprint density at radius 1 is 1.67 bits per heavy atom. The fraction of sp³-hybridized carbons (Fsp3) is 0.600. The fourth-order valence-electron chi connectivity index (χ4n) is 1.07. The van der Waals surface area contributed by atoms with Crippen LogP contribution in [0.5, 0.6) is 0 Å². The number of aliphatic hydroxyl groups is 1. The van der Waals surface area contributed by atoms with Crippen molar-refractivity contribution in [3.8, 4) is 0 Å². The van der Waals surface area contributed by atoms with E-state index in [9.17, 15) is 4.79 Å². The highest BCUT2D eigenvalue weighted by atomic mass is 16.5. The highest BCUT2D eigenvalue weighted by Crippen LogP contribution is 2.16. The maximum Gasteiger partial charge on any atom is 0.259 e. The van der Waals surface area contributed by atoms with E-state index in [2.05, 4.69) is 5.16 Å². The van der Waals surface area contributed by atoms with Crippen LogP contribution in [0.2, 0.25) is 0 Å². The van der Waals surface area contributed by atoms with Gasteiger partial charge in [-0.1, -0.05) is 5.16 Å². The summed E-state index contributed by atoms with van der Waals surface area (Å²) in [7, 11) is 1.64. The summed E-state index contributed by atoms with van der Waals surface area (Å²) in [5, 5.41) is 12.7. The largest absolute Gasteiger partial charge is 0.394 e. The molecular formula is C10H16N2O3. The molecule has 15 heavy (non-hydrogen) atoms. The third-order valence-electron chi connectivity index (χ3n) is 2.58. The number of hydrogen-bond acceptors (Lipinski definition) is 4. The zero-order valence-electron chi connectivity index (χ0n) is 9.44. The van der Waals surface area contributed by atoms with E-state index in [4.69, 9.17) is 9.63 Å². The van der Waals surface area contributed by atoms with Crippen LogP contribution in [0.15, 0.2) is 10.7 Å². The van der Waals surface area contributed by atoms with Crippen LogP contribution in [0, 0.1) is 6.92 Å². The van der Waals surface area contributed by atoms with Gasteiger partial charge in [-0.15, -0.1) is 0 Å². The van der Waals surface area contributed by atoms with Gasteiger partial charge in [0, 0.05) is 7.05 Å². The first-order chi connectivity index (χ1) is 6.90. The second kappa shape index (κ2) is 4.02. The van der Waals surface area contributed by atoms with Gasteiger partial charge in [0.05, 0.1) is 18.3 Å². The topological polar surface area (TPSA) is 66.6 Å². The molecule has 0 unspecified atom stereocenters. The van der Waals surface area contributed by atoms with E-state index in [1.807, 2.05) is 0 Å². The number of aromatic nitrogens is 1. The number of carbonyl (C=O) groups is 1. The summed E-state index contributed by atoms with van der Waals surface area (Å²) in [5.41, 5.74) is -0.167. The van der Waals surface area contributed by atoms with Crippen LogP contribution in [0.3, 0.4) is 0 Å². The lowest BCUT2D eigenvalue weighted by Crippen LogP contribution is -2.47. The summed E-state index contributed by atoms with van der Waals surface area (Å²) in [6, 6.07) is 0. The molecule has 1 heterocycles. The van der Waals surface area contributed by atoms with Gasteiger partial charge >= 0.3 is 0 Å². The molecule has 0 aliphatic rings. The van der Waals surface area contributed by atoms with Gasteiger partial charge in [0.2, 0.25) is 0 Å². The van der Waals surface area contributed by atoms with Crippen molar-refractivity contribution >= 4 is 5.91 Å². The lowest BCUT2D eigenvalue weighted by Gasteiger charge is -2.33. The lowest BCUT2D eigenvalue weighted by molar-refractivity contribution is 0.0471. The fourth-order valence-corrected chi connectivity index (χ4v) is 1.07. The molecule has 0 saturated heterocycles. The van der Waals surface area contributed by atoms with Gasteiger partial charge in [0.25, 0.3) is 5.91 Å². The number of likely N-dealkylation sites (N-methyl/N-ethyl adjacent to an activating group) is 1. The highest BCUT2D eigenvalue weighted by Gasteiger charge is 2.29. The van der Waals surface area contributed by atoms with Crippen LogP contribution in [0.25, 0.3) is 0 Å². The van der Waals surface area contributed by atoms with E-state index >= 15 is 0 Å². The average molecular weight is 212 g/mol. The van der Waals surface area contributed by atoms with Crippen molar-refractivity contribution in [2.24, 2.45) is 0 Å². The van der Waals surface area contributed by atoms with Crippen molar-refractivity contribution in [3.63, 3.8) is 0 Å². The Morgan fingerprint density at radius 2 is 2.27 bits per heavy atom. The summed E-state index contributed by atoms with van der Waals surface area (Å²) in [5.74, 6) is 0.286. The number of nitrogens with zero attached hydrogens (tertiary/aromatic N) is 2. The molecule has 5 nitrogen and oxygen atoms in total. The summed E-state index contributed by atoms with van der Waals surface area (Å²) < 4.78 is 4.82. The van der Waals surface area contributed by atoms with Gasteiger partial charge in [-0.3, -0.25) is 4.79 Å². The normalized spacial score (nSPS) is 11.5. The second-order valence-corrected chi connectivity index (χ2v) is 4.13. The van der Waals surface area contributed by atoms with Crippen LogP contribution >= 0.6 is 0 Å². The summed E-state index contributed by atoms with van der Waals surface area (Å²) in [6.45, 7) is 5.15. The molecule has 0 spiro atoms. The Labute approximate surface area is 88.7 Å². The van der Waals surface area contributed by atoms with Gasteiger partial charge in [0.15, 0.2) is 0 Å². The summed E-state index contributed by atoms with van der Waals surface area (Å²) >= 11 is 0. The van der Waals surface area contributed by atoms with E-state index in [1.54, 1.807) is 27.8 Å². The van der Waals surface area contributed by atoms with Gasteiger partial charge in [-0.2, -0.15) is 0 Å². The molecule has 0 bridgehead atoms. The quantitative estimate of drug-likeness (QED) is 0.805. The first-order valence-corrected chi connectivity index (χ1v) is 4.70. The number of hydrogen-bond donors (Lipinski definition) is 1. The minimum atomic E-state index is -0.596. The van der Waals surface area contributed by atoms with E-state index in [0.717, 1.165) is 0 Å². The molecule has 84 valence electrons. The molecule has 1 amide bonds. The number of rotatable bonds is 3. The Morgan fingerprint density at radius 3 is 2.67 bits per heavy atom. The number of carbonyl (C=O) groups excluding carboxylic acids is 1. The van der Waals surface area contributed by atoms with E-state index in [0.29, 0.717) is 11.3 Å². The predicted octanol–water partition coefficient (Wildman–Crippen LogP) is 0.826. The van der Waals surface area contributed by atoms with Crippen LogP contribution in [0.4, 0.5) is 0 Å². The second-order valence-electron chi connectivity index (χ2n) is 4.13. The number of aryl methyl sites for hydroxylation is 1. The van der Waals surface area contributed by atoms with E-state index < -0.39 is 5.54 Å². The van der Waals surface area contributed by atoms with Gasteiger partial charge < -0.3 is 14.5 Å². The zero-order chi connectivity index (χ0) is 11.6. The van der Waals surface area contributed by atoms with Crippen molar-refractivity contribution in [2.75, 3.05) is 13.7 Å². The molecule has 0 aliphatic carbocycles. The summed E-state index contributed by atoms with van der Waals surface area (Å²) in [4.78, 5) is 13.4. The molecule has 1 rings (SSSR count). The van der Waals surface area contributed by atoms with Crippen molar-refractivity contribution < 1.29 is 14.4 Å². The predicted molar refractivity (Wildman–Crippen MR) is 54.5 cm³/mol. The molecule has 1 aromatic rings. The number of aliphatic hydroxyl groups excluding tert-OH is 1. The molecule has 0 aliphatic heterocycles. The maximum atomic E-state index is 11.9. The van der Waals surface area contributed by atoms with Gasteiger partial charge in [-0.25, -0.2) is 0 Å². The third kappa shape index (κ3) is 2.18.